The topological polar surface area (TPSA) is 88.5 Å². The largest absolute Gasteiger partial charge is 0.507 e. The van der Waals surface area contributed by atoms with Crippen molar-refractivity contribution in [1.29, 1.82) is 0 Å². The molecule has 0 aromatic heterocycles. The SMILES string of the molecule is O=S(=O)(c1ccccc1)c1ccc(O)c(S(=O)(=O)c2ccc(Br)cc2)c1. The number of benzene rings is 3. The zero-order valence-corrected chi connectivity index (χ0v) is 16.4. The Labute approximate surface area is 159 Å². The Morgan fingerprint density at radius 1 is 0.654 bits per heavy atom. The number of phenols is 1. The summed E-state index contributed by atoms with van der Waals surface area (Å²) in [7, 11) is -8.00. The van der Waals surface area contributed by atoms with E-state index in [1.807, 2.05) is 0 Å². The van der Waals surface area contributed by atoms with Crippen LogP contribution in [0.15, 0.2) is 96.9 Å². The Hall–Kier alpha value is -2.16. The van der Waals surface area contributed by atoms with Crippen LogP contribution in [0, 0.1) is 0 Å². The lowest BCUT2D eigenvalue weighted by Gasteiger charge is -2.10. The summed E-state index contributed by atoms with van der Waals surface area (Å²) < 4.78 is 51.8. The normalized spacial score (nSPS) is 12.0. The highest BCUT2D eigenvalue weighted by Crippen LogP contribution is 2.33. The van der Waals surface area contributed by atoms with E-state index < -0.39 is 30.3 Å². The Morgan fingerprint density at radius 3 is 1.81 bits per heavy atom. The summed E-state index contributed by atoms with van der Waals surface area (Å²) in [5.74, 6) is -0.514. The summed E-state index contributed by atoms with van der Waals surface area (Å²) in [6, 6.07) is 16.8. The maximum Gasteiger partial charge on any atom is 0.210 e. The van der Waals surface area contributed by atoms with Gasteiger partial charge in [0.2, 0.25) is 19.7 Å². The second-order valence-corrected chi connectivity index (χ2v) is 10.2. The van der Waals surface area contributed by atoms with E-state index >= 15 is 0 Å². The van der Waals surface area contributed by atoms with E-state index in [1.54, 1.807) is 30.3 Å². The molecule has 134 valence electrons. The van der Waals surface area contributed by atoms with E-state index in [0.29, 0.717) is 4.47 Å². The lowest BCUT2D eigenvalue weighted by molar-refractivity contribution is 0.458. The summed E-state index contributed by atoms with van der Waals surface area (Å²) in [6.45, 7) is 0. The van der Waals surface area contributed by atoms with Gasteiger partial charge in [-0.2, -0.15) is 0 Å². The van der Waals surface area contributed by atoms with Gasteiger partial charge in [-0.1, -0.05) is 34.1 Å². The third-order valence-corrected chi connectivity index (χ3v) is 7.80. The van der Waals surface area contributed by atoms with Gasteiger partial charge in [0.1, 0.15) is 10.6 Å². The smallest absolute Gasteiger partial charge is 0.210 e. The quantitative estimate of drug-likeness (QED) is 0.649. The van der Waals surface area contributed by atoms with Crippen molar-refractivity contribution in [2.45, 2.75) is 19.6 Å². The molecule has 0 heterocycles. The molecule has 0 saturated heterocycles. The second kappa shape index (κ2) is 6.86. The van der Waals surface area contributed by atoms with Gasteiger partial charge in [-0.25, -0.2) is 16.8 Å². The summed E-state index contributed by atoms with van der Waals surface area (Å²) in [4.78, 5) is -0.683. The molecule has 0 saturated carbocycles. The monoisotopic (exact) mass is 452 g/mol. The predicted molar refractivity (Wildman–Crippen MR) is 99.6 cm³/mol. The van der Waals surface area contributed by atoms with E-state index in [-0.39, 0.29) is 14.7 Å². The van der Waals surface area contributed by atoms with Crippen LogP contribution in [0.3, 0.4) is 0 Å². The molecule has 0 radical (unpaired) electrons. The molecule has 0 unspecified atom stereocenters. The Kier molecular flexibility index (Phi) is 4.92. The molecule has 26 heavy (non-hydrogen) atoms. The number of halogens is 1. The Bertz CT molecular complexity index is 1150. The average Bonchev–Trinajstić information content (AvgIpc) is 2.63. The lowest BCUT2D eigenvalue weighted by Crippen LogP contribution is -2.06. The van der Waals surface area contributed by atoms with Crippen molar-refractivity contribution in [1.82, 2.24) is 0 Å². The first kappa shape index (κ1) is 18.6. The molecule has 3 rings (SSSR count). The summed E-state index contributed by atoms with van der Waals surface area (Å²) in [5, 5.41) is 10.0. The van der Waals surface area contributed by atoms with Gasteiger partial charge in [-0.3, -0.25) is 0 Å². The maximum absolute atomic E-state index is 12.8. The molecule has 0 aliphatic rings. The first-order chi connectivity index (χ1) is 12.2. The van der Waals surface area contributed by atoms with Crippen molar-refractivity contribution in [3.8, 4) is 5.75 Å². The molecule has 0 aliphatic heterocycles. The highest BCUT2D eigenvalue weighted by Gasteiger charge is 2.25. The van der Waals surface area contributed by atoms with E-state index in [9.17, 15) is 21.9 Å². The summed E-state index contributed by atoms with van der Waals surface area (Å²) >= 11 is 3.22. The van der Waals surface area contributed by atoms with Gasteiger partial charge in [-0.05, 0) is 54.6 Å². The maximum atomic E-state index is 12.8. The Balaban J connectivity index is 2.16. The van der Waals surface area contributed by atoms with Gasteiger partial charge in [0.05, 0.1) is 14.7 Å². The molecule has 3 aromatic rings. The van der Waals surface area contributed by atoms with Crippen molar-refractivity contribution < 1.29 is 21.9 Å². The van der Waals surface area contributed by atoms with E-state index in [2.05, 4.69) is 15.9 Å². The first-order valence-electron chi connectivity index (χ1n) is 7.37. The molecule has 0 atom stereocenters. The van der Waals surface area contributed by atoms with Crippen molar-refractivity contribution in [2.24, 2.45) is 0 Å². The van der Waals surface area contributed by atoms with E-state index in [4.69, 9.17) is 0 Å². The predicted octanol–water partition coefficient (Wildman–Crippen LogP) is 3.82. The van der Waals surface area contributed by atoms with Gasteiger partial charge in [0, 0.05) is 4.47 Å². The molecule has 0 bridgehead atoms. The molecule has 0 fully saturated rings. The fourth-order valence-corrected chi connectivity index (χ4v) is 5.37. The molecule has 3 aromatic carbocycles. The highest BCUT2D eigenvalue weighted by molar-refractivity contribution is 9.10. The van der Waals surface area contributed by atoms with Crippen LogP contribution >= 0.6 is 15.9 Å². The molecule has 0 spiro atoms. The van der Waals surface area contributed by atoms with Crippen molar-refractivity contribution in [3.63, 3.8) is 0 Å². The third-order valence-electron chi connectivity index (χ3n) is 3.71. The van der Waals surface area contributed by atoms with Crippen LogP contribution < -0.4 is 0 Å². The lowest BCUT2D eigenvalue weighted by atomic mass is 10.3. The van der Waals surface area contributed by atoms with Gasteiger partial charge in [0.15, 0.2) is 0 Å². The Morgan fingerprint density at radius 2 is 1.19 bits per heavy atom. The van der Waals surface area contributed by atoms with Crippen molar-refractivity contribution in [3.05, 3.63) is 77.3 Å². The zero-order chi connectivity index (χ0) is 18.9. The fourth-order valence-electron chi connectivity index (χ4n) is 2.35. The highest BCUT2D eigenvalue weighted by atomic mass is 79.9. The number of phenolic OH excluding ortho intramolecular Hbond substituents is 1. The molecule has 1 N–H and O–H groups in total. The molecular weight excluding hydrogens is 440 g/mol. The number of hydrogen-bond donors (Lipinski definition) is 1. The minimum atomic E-state index is -4.09. The summed E-state index contributed by atoms with van der Waals surface area (Å²) in [5.41, 5.74) is 0. The standard InChI is InChI=1S/C18H13BrO5S2/c19-13-6-8-15(9-7-13)26(23,24)18-12-16(10-11-17(18)20)25(21,22)14-4-2-1-3-5-14/h1-12,20H. The first-order valence-corrected chi connectivity index (χ1v) is 11.1. The van der Waals surface area contributed by atoms with Crippen LogP contribution in [0.4, 0.5) is 0 Å². The fraction of sp³-hybridized carbons (Fsp3) is 0. The average molecular weight is 453 g/mol. The zero-order valence-electron chi connectivity index (χ0n) is 13.2. The van der Waals surface area contributed by atoms with Crippen LogP contribution in [0.5, 0.6) is 5.75 Å². The number of aromatic hydroxyl groups is 1. The van der Waals surface area contributed by atoms with Gasteiger partial charge in [0.25, 0.3) is 0 Å². The number of sulfone groups is 2. The van der Waals surface area contributed by atoms with Crippen LogP contribution in [-0.2, 0) is 19.7 Å². The number of rotatable bonds is 4. The van der Waals surface area contributed by atoms with Crippen molar-refractivity contribution >= 4 is 35.6 Å². The van der Waals surface area contributed by atoms with Gasteiger partial charge in [-0.15, -0.1) is 0 Å². The van der Waals surface area contributed by atoms with E-state index in [1.165, 1.54) is 30.3 Å². The van der Waals surface area contributed by atoms with Crippen LogP contribution in [0.2, 0.25) is 0 Å². The van der Waals surface area contributed by atoms with Crippen LogP contribution in [0.1, 0.15) is 0 Å². The van der Waals surface area contributed by atoms with Gasteiger partial charge >= 0.3 is 0 Å². The van der Waals surface area contributed by atoms with Crippen molar-refractivity contribution in [2.75, 3.05) is 0 Å². The molecule has 0 amide bonds. The van der Waals surface area contributed by atoms with Gasteiger partial charge < -0.3 is 5.11 Å². The minimum absolute atomic E-state index is 0.0395. The van der Waals surface area contributed by atoms with Crippen LogP contribution in [0.25, 0.3) is 0 Å². The second-order valence-electron chi connectivity index (χ2n) is 5.40. The number of hydrogen-bond acceptors (Lipinski definition) is 5. The molecular formula is C18H13BrO5S2. The third kappa shape index (κ3) is 3.40. The minimum Gasteiger partial charge on any atom is -0.507 e. The van der Waals surface area contributed by atoms with E-state index in [0.717, 1.165) is 12.1 Å². The van der Waals surface area contributed by atoms with Crippen LogP contribution in [-0.4, -0.2) is 21.9 Å². The molecule has 0 aliphatic carbocycles. The molecule has 5 nitrogen and oxygen atoms in total. The molecule has 8 heteroatoms. The summed E-state index contributed by atoms with van der Waals surface area (Å²) in [6.07, 6.45) is 0.